The van der Waals surface area contributed by atoms with E-state index in [1.807, 2.05) is 54.7 Å². The molecule has 0 unspecified atom stereocenters. The number of aromatic nitrogens is 1. The Morgan fingerprint density at radius 2 is 1.43 bits per heavy atom. The molecule has 1 heterocycles. The Morgan fingerprint density at radius 3 is 2.29 bits per heavy atom. The van der Waals surface area contributed by atoms with Crippen molar-refractivity contribution >= 4 is 10.8 Å². The molecule has 0 saturated carbocycles. The smallest absolute Gasteiger partial charge is 0.184 e. The van der Waals surface area contributed by atoms with Gasteiger partial charge in [-0.15, -0.1) is 0 Å². The molecule has 0 atom stereocenters. The van der Waals surface area contributed by atoms with Gasteiger partial charge >= 0.3 is 0 Å². The van der Waals surface area contributed by atoms with Crippen LogP contribution < -0.4 is 9.47 Å². The van der Waals surface area contributed by atoms with E-state index in [1.54, 1.807) is 6.07 Å². The molecule has 3 nitrogen and oxygen atoms in total. The second-order valence-electron chi connectivity index (χ2n) is 6.06. The third-order valence-corrected chi connectivity index (χ3v) is 4.42. The maximum atomic E-state index is 5.28. The maximum absolute atomic E-state index is 5.28. The summed E-state index contributed by atoms with van der Waals surface area (Å²) in [7, 11) is 0. The standard InChI is InChI=1S/C25H15NO2/c1-3-27-23-13-12-20(17-24(23)28-4-2)19-9-7-10-21(16-19)25-22-11-6-5-8-18(22)14-15-26-25/h1-2,5-17H. The van der Waals surface area contributed by atoms with E-state index in [0.717, 1.165) is 33.2 Å². The van der Waals surface area contributed by atoms with Crippen molar-refractivity contribution in [2.75, 3.05) is 0 Å². The average Bonchev–Trinajstić information content (AvgIpc) is 2.75. The Kier molecular flexibility index (Phi) is 4.66. The highest BCUT2D eigenvalue weighted by atomic mass is 16.5. The summed E-state index contributed by atoms with van der Waals surface area (Å²) in [4.78, 5) is 4.60. The van der Waals surface area contributed by atoms with Crippen LogP contribution in [-0.2, 0) is 0 Å². The van der Waals surface area contributed by atoms with E-state index in [1.165, 1.54) is 0 Å². The summed E-state index contributed by atoms with van der Waals surface area (Å²) in [6.45, 7) is 0. The molecule has 3 aromatic carbocycles. The molecule has 4 aromatic rings. The highest BCUT2D eigenvalue weighted by Gasteiger charge is 2.10. The van der Waals surface area contributed by atoms with Crippen LogP contribution in [0.2, 0.25) is 0 Å². The number of nitrogens with zero attached hydrogens (tertiary/aromatic N) is 1. The molecule has 1 aromatic heterocycles. The van der Waals surface area contributed by atoms with Gasteiger partial charge in [0.2, 0.25) is 0 Å². The second kappa shape index (κ2) is 7.58. The molecule has 4 rings (SSSR count). The summed E-state index contributed by atoms with van der Waals surface area (Å²) in [5, 5.41) is 2.26. The number of pyridine rings is 1. The highest BCUT2D eigenvalue weighted by Crippen LogP contribution is 2.35. The van der Waals surface area contributed by atoms with Gasteiger partial charge in [-0.2, -0.15) is 0 Å². The van der Waals surface area contributed by atoms with Crippen molar-refractivity contribution in [3.63, 3.8) is 0 Å². The Morgan fingerprint density at radius 1 is 0.679 bits per heavy atom. The zero-order valence-electron chi connectivity index (χ0n) is 14.9. The van der Waals surface area contributed by atoms with Crippen LogP contribution in [0, 0.1) is 25.1 Å². The summed E-state index contributed by atoms with van der Waals surface area (Å²) in [5.74, 6) is 0.794. The van der Waals surface area contributed by atoms with E-state index in [0.29, 0.717) is 11.5 Å². The minimum Gasteiger partial charge on any atom is -0.404 e. The van der Waals surface area contributed by atoms with Gasteiger partial charge in [-0.1, -0.05) is 61.4 Å². The van der Waals surface area contributed by atoms with E-state index < -0.39 is 0 Å². The first-order chi connectivity index (χ1) is 13.8. The fourth-order valence-electron chi connectivity index (χ4n) is 3.17. The lowest BCUT2D eigenvalue weighted by molar-refractivity contribution is 0.453. The first-order valence-corrected chi connectivity index (χ1v) is 8.63. The first kappa shape index (κ1) is 17.2. The molecule has 28 heavy (non-hydrogen) atoms. The molecule has 0 saturated heterocycles. The number of terminal acetylenes is 2. The molecule has 0 amide bonds. The number of hydrogen-bond donors (Lipinski definition) is 0. The zero-order chi connectivity index (χ0) is 19.3. The molecule has 0 aliphatic heterocycles. The van der Waals surface area contributed by atoms with Crippen molar-refractivity contribution in [1.29, 1.82) is 0 Å². The third-order valence-electron chi connectivity index (χ3n) is 4.42. The lowest BCUT2D eigenvalue weighted by Gasteiger charge is -2.10. The predicted molar refractivity (Wildman–Crippen MR) is 112 cm³/mol. The Bertz CT molecular complexity index is 1240. The number of hydrogen-bond acceptors (Lipinski definition) is 3. The monoisotopic (exact) mass is 361 g/mol. The van der Waals surface area contributed by atoms with E-state index in [2.05, 4.69) is 35.4 Å². The third kappa shape index (κ3) is 3.26. The lowest BCUT2D eigenvalue weighted by Crippen LogP contribution is -1.91. The summed E-state index contributed by atoms with van der Waals surface area (Å²) in [6.07, 6.45) is 16.6. The van der Waals surface area contributed by atoms with Gasteiger partial charge in [0.05, 0.1) is 5.69 Å². The molecule has 132 valence electrons. The molecule has 0 radical (unpaired) electrons. The maximum Gasteiger partial charge on any atom is 0.184 e. The summed E-state index contributed by atoms with van der Waals surface area (Å²) < 4.78 is 10.3. The number of fused-ring (bicyclic) bond motifs is 1. The van der Waals surface area contributed by atoms with Crippen molar-refractivity contribution in [2.45, 2.75) is 0 Å². The number of rotatable bonds is 4. The van der Waals surface area contributed by atoms with Gasteiger partial charge < -0.3 is 9.47 Å². The summed E-state index contributed by atoms with van der Waals surface area (Å²) in [5.41, 5.74) is 3.89. The quantitative estimate of drug-likeness (QED) is 0.449. The van der Waals surface area contributed by atoms with Gasteiger partial charge in [-0.3, -0.25) is 4.98 Å². The number of benzene rings is 3. The van der Waals surface area contributed by atoms with Crippen LogP contribution in [0.25, 0.3) is 33.2 Å². The summed E-state index contributed by atoms with van der Waals surface area (Å²) >= 11 is 0. The molecular weight excluding hydrogens is 346 g/mol. The van der Waals surface area contributed by atoms with Crippen LogP contribution in [-0.4, -0.2) is 4.98 Å². The SMILES string of the molecule is C#COc1ccc(-c2cccc(-c3nccc4ccccc34)c2)cc1OC#C. The Balaban J connectivity index is 1.80. The van der Waals surface area contributed by atoms with Crippen LogP contribution in [0.15, 0.2) is 79.0 Å². The Hall–Kier alpha value is -4.21. The minimum absolute atomic E-state index is 0.395. The van der Waals surface area contributed by atoms with Crippen LogP contribution in [0.4, 0.5) is 0 Å². The molecule has 0 aliphatic rings. The van der Waals surface area contributed by atoms with Gasteiger partial charge in [0.15, 0.2) is 11.5 Å². The molecule has 3 heteroatoms. The van der Waals surface area contributed by atoms with Gasteiger partial charge in [-0.25, -0.2) is 0 Å². The largest absolute Gasteiger partial charge is 0.404 e. The topological polar surface area (TPSA) is 31.4 Å². The molecular formula is C25H15NO2. The average molecular weight is 361 g/mol. The van der Waals surface area contributed by atoms with Crippen molar-refractivity contribution in [2.24, 2.45) is 0 Å². The lowest BCUT2D eigenvalue weighted by atomic mass is 9.99. The molecule has 0 spiro atoms. The Labute approximate surface area is 163 Å². The van der Waals surface area contributed by atoms with E-state index in [4.69, 9.17) is 22.3 Å². The number of ether oxygens (including phenoxy) is 2. The van der Waals surface area contributed by atoms with Gasteiger partial charge in [-0.05, 0) is 40.8 Å². The zero-order valence-corrected chi connectivity index (χ0v) is 14.9. The minimum atomic E-state index is 0.395. The van der Waals surface area contributed by atoms with Gasteiger partial charge in [0.1, 0.15) is 12.2 Å². The first-order valence-electron chi connectivity index (χ1n) is 8.63. The van der Waals surface area contributed by atoms with Crippen LogP contribution in [0.5, 0.6) is 11.5 Å². The van der Waals surface area contributed by atoms with E-state index in [9.17, 15) is 0 Å². The van der Waals surface area contributed by atoms with E-state index in [-0.39, 0.29) is 0 Å². The van der Waals surface area contributed by atoms with Gasteiger partial charge in [0.25, 0.3) is 0 Å². The van der Waals surface area contributed by atoms with E-state index >= 15 is 0 Å². The normalized spacial score (nSPS) is 10.1. The van der Waals surface area contributed by atoms with Crippen molar-refractivity contribution in [3.05, 3.63) is 79.0 Å². The van der Waals surface area contributed by atoms with Crippen LogP contribution in [0.1, 0.15) is 0 Å². The molecule has 0 aliphatic carbocycles. The fraction of sp³-hybridized carbons (Fsp3) is 0. The molecule has 0 bridgehead atoms. The fourth-order valence-corrected chi connectivity index (χ4v) is 3.17. The van der Waals surface area contributed by atoms with Crippen molar-refractivity contribution < 1.29 is 9.47 Å². The second-order valence-corrected chi connectivity index (χ2v) is 6.06. The molecule has 0 N–H and O–H groups in total. The van der Waals surface area contributed by atoms with Crippen molar-refractivity contribution in [1.82, 2.24) is 4.98 Å². The van der Waals surface area contributed by atoms with Gasteiger partial charge in [0, 0.05) is 17.1 Å². The van der Waals surface area contributed by atoms with Crippen molar-refractivity contribution in [3.8, 4) is 58.9 Å². The molecule has 0 fully saturated rings. The highest BCUT2D eigenvalue weighted by molar-refractivity contribution is 5.95. The van der Waals surface area contributed by atoms with Crippen LogP contribution in [0.3, 0.4) is 0 Å². The predicted octanol–water partition coefficient (Wildman–Crippen LogP) is 5.51. The summed E-state index contributed by atoms with van der Waals surface area (Å²) in [6, 6.07) is 23.8. The van der Waals surface area contributed by atoms with Crippen LogP contribution >= 0.6 is 0 Å².